The van der Waals surface area contributed by atoms with E-state index in [0.717, 1.165) is 46.4 Å². The third-order valence-electron chi connectivity index (χ3n) is 7.59. The van der Waals surface area contributed by atoms with Gasteiger partial charge in [-0.15, -0.1) is 32.9 Å². The maximum absolute atomic E-state index is 12.7. The van der Waals surface area contributed by atoms with E-state index in [4.69, 9.17) is 4.74 Å². The molecule has 12 heteroatoms. The number of aliphatic carboxylic acids is 1. The Balaban J connectivity index is 1.07. The molecule has 0 aliphatic heterocycles. The monoisotopic (exact) mass is 627 g/mol. The molecule has 1 saturated carbocycles. The lowest BCUT2D eigenvalue weighted by atomic mass is 10.1. The largest absolute Gasteiger partial charge is 0.481 e. The number of benzene rings is 2. The highest BCUT2D eigenvalue weighted by Gasteiger charge is 2.54. The molecule has 4 aromatic heterocycles. The smallest absolute Gasteiger partial charge is 0.413 e. The second kappa shape index (κ2) is 10.7. The molecule has 2 aromatic carbocycles. The Morgan fingerprint density at radius 2 is 1.63 bits per heavy atom. The summed E-state index contributed by atoms with van der Waals surface area (Å²) in [5.41, 5.74) is 2.92. The third kappa shape index (κ3) is 5.11. The van der Waals surface area contributed by atoms with Crippen LogP contribution in [0.15, 0.2) is 72.9 Å². The van der Waals surface area contributed by atoms with Gasteiger partial charge in [-0.1, -0.05) is 65.9 Å². The number of carboxylic acid groups (broad SMARTS) is 1. The Labute approximate surface area is 258 Å². The molecule has 9 nitrogen and oxygen atoms in total. The van der Waals surface area contributed by atoms with E-state index in [1.807, 2.05) is 49.4 Å². The molecule has 1 fully saturated rings. The first-order chi connectivity index (χ1) is 20.8. The summed E-state index contributed by atoms with van der Waals surface area (Å²) in [6.45, 7) is 1.84. The first-order valence-electron chi connectivity index (χ1n) is 13.6. The number of thiophene rings is 2. The van der Waals surface area contributed by atoms with Crippen molar-refractivity contribution in [1.29, 1.82) is 0 Å². The fourth-order valence-electron chi connectivity index (χ4n) is 4.91. The number of hydrogen-bond acceptors (Lipinski definition) is 9. The van der Waals surface area contributed by atoms with Crippen molar-refractivity contribution in [2.24, 2.45) is 7.05 Å². The number of carbonyl (C=O) groups excluding carboxylic acids is 1. The van der Waals surface area contributed by atoms with Crippen molar-refractivity contribution in [2.75, 3.05) is 5.32 Å². The molecule has 2 N–H and O–H groups in total. The van der Waals surface area contributed by atoms with Crippen molar-refractivity contribution in [3.05, 3.63) is 83.5 Å². The van der Waals surface area contributed by atoms with Crippen molar-refractivity contribution >= 4 is 61.3 Å². The van der Waals surface area contributed by atoms with Gasteiger partial charge in [0.25, 0.3) is 0 Å². The van der Waals surface area contributed by atoms with Gasteiger partial charge in [-0.2, -0.15) is 5.10 Å². The first kappa shape index (κ1) is 27.4. The number of aryl methyl sites for hydroxylation is 1. The molecule has 1 amide bonds. The van der Waals surface area contributed by atoms with Crippen molar-refractivity contribution in [1.82, 2.24) is 20.0 Å². The van der Waals surface area contributed by atoms with Gasteiger partial charge in [0.05, 0.1) is 11.8 Å². The van der Waals surface area contributed by atoms with Gasteiger partial charge in [-0.05, 0) is 43.0 Å². The minimum absolute atomic E-state index is 0.389. The second-order valence-electron chi connectivity index (χ2n) is 10.4. The molecule has 0 radical (unpaired) electrons. The number of ether oxygens (including phenoxy) is 1. The number of rotatable bonds is 8. The van der Waals surface area contributed by atoms with Crippen molar-refractivity contribution in [2.45, 2.75) is 31.3 Å². The number of hydrogen-bond donors (Lipinski definition) is 2. The average molecular weight is 628 g/mol. The lowest BCUT2D eigenvalue weighted by Crippen LogP contribution is -2.19. The Kier molecular flexibility index (Phi) is 6.83. The summed E-state index contributed by atoms with van der Waals surface area (Å²) in [6.07, 6.45) is 2.06. The Hall–Kier alpha value is -4.39. The number of anilines is 1. The van der Waals surface area contributed by atoms with Gasteiger partial charge in [-0.25, -0.2) is 4.79 Å². The molecule has 1 unspecified atom stereocenters. The van der Waals surface area contributed by atoms with Crippen molar-refractivity contribution in [3.8, 4) is 31.5 Å². The molecule has 7 rings (SSSR count). The number of nitrogens with one attached hydrogen (secondary N) is 1. The van der Waals surface area contributed by atoms with E-state index in [2.05, 4.69) is 44.9 Å². The second-order valence-corrected chi connectivity index (χ2v) is 13.6. The highest BCUT2D eigenvalue weighted by Crippen LogP contribution is 2.50. The lowest BCUT2D eigenvalue weighted by Gasteiger charge is -2.14. The summed E-state index contributed by atoms with van der Waals surface area (Å²) in [6, 6.07) is 22.0. The Morgan fingerprint density at radius 1 is 0.953 bits per heavy atom. The molecule has 1 atom stereocenters. The third-order valence-corrected chi connectivity index (χ3v) is 11.1. The number of carbonyl (C=O) groups is 2. The molecule has 1 aliphatic rings. The zero-order chi connectivity index (χ0) is 29.7. The van der Waals surface area contributed by atoms with Gasteiger partial charge in [0.2, 0.25) is 0 Å². The molecule has 0 bridgehead atoms. The summed E-state index contributed by atoms with van der Waals surface area (Å²) in [7, 11) is 1.79. The molecule has 43 heavy (non-hydrogen) atoms. The van der Waals surface area contributed by atoms with E-state index >= 15 is 0 Å². The molecule has 4 heterocycles. The number of aromatic nitrogens is 4. The highest BCUT2D eigenvalue weighted by atomic mass is 32.1. The zero-order valence-electron chi connectivity index (χ0n) is 23.1. The number of fused-ring (bicyclic) bond motifs is 1. The van der Waals surface area contributed by atoms with Crippen LogP contribution in [0.4, 0.5) is 10.6 Å². The van der Waals surface area contributed by atoms with Crippen LogP contribution in [0.25, 0.3) is 40.9 Å². The summed E-state index contributed by atoms with van der Waals surface area (Å²) >= 11 is 4.70. The van der Waals surface area contributed by atoms with Crippen molar-refractivity contribution < 1.29 is 19.4 Å². The maximum Gasteiger partial charge on any atom is 0.413 e. The van der Waals surface area contributed by atoms with Gasteiger partial charge in [0.1, 0.15) is 27.4 Å². The minimum atomic E-state index is -0.839. The SMILES string of the molecule is CC(OC(=O)Nc1c(-c2cc3sc(-c4ccc(-c5nnc(C6(C(=O)O)CC6)s5)cc4)cc3s2)cnn1C)c1ccccc1. The van der Waals surface area contributed by atoms with Crippen LogP contribution in [-0.2, 0) is 22.0 Å². The van der Waals surface area contributed by atoms with Crippen LogP contribution in [-0.4, -0.2) is 37.1 Å². The van der Waals surface area contributed by atoms with Crippen LogP contribution >= 0.6 is 34.0 Å². The van der Waals surface area contributed by atoms with E-state index < -0.39 is 17.5 Å². The number of amides is 1. The fraction of sp³-hybridized carbons (Fsp3) is 0.194. The normalized spacial score (nSPS) is 14.5. The maximum atomic E-state index is 12.7. The summed E-state index contributed by atoms with van der Waals surface area (Å²) < 4.78 is 9.54. The molecular weight excluding hydrogens is 603 g/mol. The van der Waals surface area contributed by atoms with E-state index in [-0.39, 0.29) is 6.10 Å². The molecule has 6 aromatic rings. The standard InChI is InChI=1S/C31H25N5O4S3/c1-17(18-6-4-3-5-7-18)40-30(39)33-26-21(16-32-36(26)2)23-15-25-24(42-23)14-22(41-25)19-8-10-20(11-9-19)27-34-35-28(43-27)31(12-13-31)29(37)38/h3-11,14-17H,12-13H2,1-2H3,(H,33,39)(H,37,38). The van der Waals surface area contributed by atoms with Crippen LogP contribution in [0.5, 0.6) is 0 Å². The molecule has 216 valence electrons. The minimum Gasteiger partial charge on any atom is -0.481 e. The van der Waals surface area contributed by atoms with Gasteiger partial charge in [-0.3, -0.25) is 14.8 Å². The summed E-state index contributed by atoms with van der Waals surface area (Å²) in [5.74, 6) is -0.246. The van der Waals surface area contributed by atoms with E-state index in [1.165, 1.54) is 11.3 Å². The van der Waals surface area contributed by atoms with Gasteiger partial charge in [0, 0.05) is 31.8 Å². The van der Waals surface area contributed by atoms with Gasteiger partial charge >= 0.3 is 12.1 Å². The van der Waals surface area contributed by atoms with Crippen LogP contribution in [0.3, 0.4) is 0 Å². The van der Waals surface area contributed by atoms with Crippen LogP contribution in [0.2, 0.25) is 0 Å². The fourth-order valence-corrected chi connectivity index (χ4v) is 8.41. The topological polar surface area (TPSA) is 119 Å². The predicted molar refractivity (Wildman–Crippen MR) is 170 cm³/mol. The van der Waals surface area contributed by atoms with E-state index in [9.17, 15) is 14.7 Å². The van der Waals surface area contributed by atoms with Crippen LogP contribution < -0.4 is 5.32 Å². The van der Waals surface area contributed by atoms with E-state index in [0.29, 0.717) is 23.7 Å². The Morgan fingerprint density at radius 3 is 2.33 bits per heavy atom. The molecule has 0 saturated heterocycles. The summed E-state index contributed by atoms with van der Waals surface area (Å²) in [4.78, 5) is 26.5. The zero-order valence-corrected chi connectivity index (χ0v) is 25.6. The molecule has 1 aliphatic carbocycles. The summed E-state index contributed by atoms with van der Waals surface area (Å²) in [5, 5.41) is 26.6. The molecule has 0 spiro atoms. The first-order valence-corrected chi connectivity index (χ1v) is 16.0. The van der Waals surface area contributed by atoms with Gasteiger partial charge in [0.15, 0.2) is 0 Å². The van der Waals surface area contributed by atoms with Crippen LogP contribution in [0, 0.1) is 0 Å². The van der Waals surface area contributed by atoms with E-state index in [1.54, 1.807) is 40.6 Å². The average Bonchev–Trinajstić information content (AvgIpc) is 3.30. The van der Waals surface area contributed by atoms with Gasteiger partial charge < -0.3 is 9.84 Å². The number of carboxylic acids is 1. The van der Waals surface area contributed by atoms with Crippen molar-refractivity contribution in [3.63, 3.8) is 0 Å². The lowest BCUT2D eigenvalue weighted by molar-refractivity contribution is -0.140. The number of nitrogens with zero attached hydrogens (tertiary/aromatic N) is 4. The highest BCUT2D eigenvalue weighted by molar-refractivity contribution is 7.31. The quantitative estimate of drug-likeness (QED) is 0.176. The Bertz CT molecular complexity index is 1940. The molecular formula is C31H25N5O4S3. The van der Waals surface area contributed by atoms with Crippen LogP contribution in [0.1, 0.15) is 36.4 Å². The predicted octanol–water partition coefficient (Wildman–Crippen LogP) is 7.97.